The molecule has 13 heteroatoms. The van der Waals surface area contributed by atoms with Gasteiger partial charge in [0.25, 0.3) is 0 Å². The number of H-pyrrole nitrogens is 1. The second-order valence-corrected chi connectivity index (χ2v) is 10.2. The summed E-state index contributed by atoms with van der Waals surface area (Å²) in [4.78, 5) is 57.6. The van der Waals surface area contributed by atoms with Gasteiger partial charge >= 0.3 is 5.97 Å². The molecule has 0 bridgehead atoms. The number of carboxylic acid groups (broad SMARTS) is 1. The lowest BCUT2D eigenvalue weighted by molar-refractivity contribution is -0.142. The van der Waals surface area contributed by atoms with Crippen LogP contribution in [0.5, 0.6) is 5.75 Å². The maximum Gasteiger partial charge on any atom is 0.326 e. The molecule has 4 unspecified atom stereocenters. The van der Waals surface area contributed by atoms with Gasteiger partial charge in [-0.3, -0.25) is 14.4 Å². The molecular weight excluding hydrogens is 512 g/mol. The fraction of sp³-hybridized carbons (Fsp3) is 0.480. The number of carboxylic acids is 1. The van der Waals surface area contributed by atoms with Crippen molar-refractivity contribution in [1.29, 1.82) is 0 Å². The Bertz CT molecular complexity index is 1060. The minimum Gasteiger partial charge on any atom is -0.508 e. The predicted octanol–water partition coefficient (Wildman–Crippen LogP) is 0.176. The lowest BCUT2D eigenvalue weighted by Crippen LogP contribution is -2.58. The van der Waals surface area contributed by atoms with Crippen LogP contribution in [0.2, 0.25) is 0 Å². The Kier molecular flexibility index (Phi) is 12.1. The molecule has 0 radical (unpaired) electrons. The highest BCUT2D eigenvalue weighted by molar-refractivity contribution is 7.98. The SMILES string of the molecule is CSCCC(NC(=O)C(Cc1ccc(O)cc1)NC(=O)C(N)C(C)C)C(=O)NC(Cc1cnc[nH]1)C(=O)O. The zero-order valence-corrected chi connectivity index (χ0v) is 22.5. The predicted molar refractivity (Wildman–Crippen MR) is 143 cm³/mol. The summed E-state index contributed by atoms with van der Waals surface area (Å²) in [5, 5.41) is 27.0. The number of hydrogen-bond acceptors (Lipinski definition) is 8. The number of phenolic OH excluding ortho intramolecular Hbond substituents is 1. The van der Waals surface area contributed by atoms with Gasteiger partial charge in [-0.1, -0.05) is 26.0 Å². The lowest BCUT2D eigenvalue weighted by atomic mass is 10.0. The number of amides is 3. The molecule has 2 rings (SSSR count). The first kappa shape index (κ1) is 30.6. The van der Waals surface area contributed by atoms with E-state index in [0.29, 0.717) is 17.0 Å². The summed E-state index contributed by atoms with van der Waals surface area (Å²) in [6.45, 7) is 3.56. The Morgan fingerprint density at radius 3 is 2.13 bits per heavy atom. The number of benzene rings is 1. The molecule has 2 aromatic rings. The molecule has 4 atom stereocenters. The zero-order valence-electron chi connectivity index (χ0n) is 21.6. The molecule has 1 aromatic heterocycles. The number of nitrogens with zero attached hydrogens (tertiary/aromatic N) is 1. The average Bonchev–Trinajstić information content (AvgIpc) is 3.39. The Balaban J connectivity index is 2.21. The standard InChI is InChI=1S/C25H36N6O6S/c1-14(2)21(26)24(35)30-19(10-15-4-6-17(32)7-5-15)23(34)29-18(8-9-38-3)22(33)31-20(25(36)37)11-16-12-27-13-28-16/h4-7,12-14,18-21,32H,8-11,26H2,1-3H3,(H,27,28)(H,29,34)(H,30,35)(H,31,33)(H,36,37). The highest BCUT2D eigenvalue weighted by Crippen LogP contribution is 2.13. The van der Waals surface area contributed by atoms with E-state index < -0.39 is 47.9 Å². The fourth-order valence-corrected chi connectivity index (χ4v) is 3.98. The van der Waals surface area contributed by atoms with E-state index in [-0.39, 0.29) is 30.9 Å². The Morgan fingerprint density at radius 1 is 0.974 bits per heavy atom. The number of carbonyl (C=O) groups excluding carboxylic acids is 3. The van der Waals surface area contributed by atoms with Crippen LogP contribution in [-0.2, 0) is 32.0 Å². The molecule has 0 aliphatic heterocycles. The number of rotatable bonds is 15. The van der Waals surface area contributed by atoms with E-state index in [2.05, 4.69) is 25.9 Å². The van der Waals surface area contributed by atoms with Crippen molar-refractivity contribution >= 4 is 35.5 Å². The first-order chi connectivity index (χ1) is 18.0. The van der Waals surface area contributed by atoms with E-state index in [1.165, 1.54) is 36.4 Å². The largest absolute Gasteiger partial charge is 0.508 e. The van der Waals surface area contributed by atoms with Crippen molar-refractivity contribution in [2.24, 2.45) is 11.7 Å². The van der Waals surface area contributed by atoms with Gasteiger partial charge in [0.2, 0.25) is 17.7 Å². The van der Waals surface area contributed by atoms with E-state index in [0.717, 1.165) is 0 Å². The van der Waals surface area contributed by atoms with Crippen LogP contribution in [0.1, 0.15) is 31.5 Å². The Labute approximate surface area is 225 Å². The van der Waals surface area contributed by atoms with E-state index >= 15 is 0 Å². The number of thioether (sulfide) groups is 1. The van der Waals surface area contributed by atoms with Crippen molar-refractivity contribution in [1.82, 2.24) is 25.9 Å². The van der Waals surface area contributed by atoms with Gasteiger partial charge in [-0.05, 0) is 42.0 Å². The van der Waals surface area contributed by atoms with Crippen LogP contribution in [0.15, 0.2) is 36.8 Å². The van der Waals surface area contributed by atoms with Crippen molar-refractivity contribution in [2.75, 3.05) is 12.0 Å². The van der Waals surface area contributed by atoms with Crippen LogP contribution in [0.25, 0.3) is 0 Å². The normalized spacial score (nSPS) is 14.2. The third kappa shape index (κ3) is 9.71. The third-order valence-corrected chi connectivity index (χ3v) is 6.51. The quantitative estimate of drug-likeness (QED) is 0.162. The molecule has 0 fully saturated rings. The summed E-state index contributed by atoms with van der Waals surface area (Å²) >= 11 is 1.46. The molecule has 1 aromatic carbocycles. The summed E-state index contributed by atoms with van der Waals surface area (Å²) in [6, 6.07) is 1.97. The highest BCUT2D eigenvalue weighted by atomic mass is 32.2. The highest BCUT2D eigenvalue weighted by Gasteiger charge is 2.31. The molecule has 8 N–H and O–H groups in total. The maximum absolute atomic E-state index is 13.4. The molecule has 208 valence electrons. The van der Waals surface area contributed by atoms with E-state index in [4.69, 9.17) is 5.73 Å². The molecular formula is C25H36N6O6S. The van der Waals surface area contributed by atoms with E-state index in [1.54, 1.807) is 26.0 Å². The molecule has 1 heterocycles. The number of carbonyl (C=O) groups is 4. The molecule has 0 aliphatic rings. The first-order valence-electron chi connectivity index (χ1n) is 12.1. The monoisotopic (exact) mass is 548 g/mol. The number of aromatic hydroxyl groups is 1. The average molecular weight is 549 g/mol. The summed E-state index contributed by atoms with van der Waals surface area (Å²) in [5.74, 6) is -2.63. The van der Waals surface area contributed by atoms with Gasteiger partial charge in [0.1, 0.15) is 23.9 Å². The van der Waals surface area contributed by atoms with Crippen LogP contribution >= 0.6 is 11.8 Å². The summed E-state index contributed by atoms with van der Waals surface area (Å²) in [6.07, 6.45) is 5.02. The van der Waals surface area contributed by atoms with Crippen molar-refractivity contribution in [3.63, 3.8) is 0 Å². The fourth-order valence-electron chi connectivity index (χ4n) is 3.51. The number of aliphatic carboxylic acids is 1. The third-order valence-electron chi connectivity index (χ3n) is 5.87. The molecule has 0 aliphatic carbocycles. The number of hydrogen-bond donors (Lipinski definition) is 7. The second kappa shape index (κ2) is 15.0. The van der Waals surface area contributed by atoms with Crippen LogP contribution < -0.4 is 21.7 Å². The van der Waals surface area contributed by atoms with Gasteiger partial charge < -0.3 is 36.9 Å². The molecule has 3 amide bonds. The topological polar surface area (TPSA) is 200 Å². The Morgan fingerprint density at radius 2 is 1.58 bits per heavy atom. The molecule has 0 saturated heterocycles. The van der Waals surface area contributed by atoms with Crippen LogP contribution in [0.4, 0.5) is 0 Å². The molecule has 38 heavy (non-hydrogen) atoms. The summed E-state index contributed by atoms with van der Waals surface area (Å²) < 4.78 is 0. The number of nitrogens with one attached hydrogen (secondary N) is 4. The smallest absolute Gasteiger partial charge is 0.326 e. The van der Waals surface area contributed by atoms with Gasteiger partial charge in [-0.2, -0.15) is 11.8 Å². The van der Waals surface area contributed by atoms with Crippen LogP contribution in [0, 0.1) is 5.92 Å². The number of imidazole rings is 1. The van der Waals surface area contributed by atoms with Crippen LogP contribution in [0.3, 0.4) is 0 Å². The van der Waals surface area contributed by atoms with Gasteiger partial charge in [0, 0.05) is 24.7 Å². The first-order valence-corrected chi connectivity index (χ1v) is 13.5. The number of nitrogens with two attached hydrogens (primary N) is 1. The van der Waals surface area contributed by atoms with Crippen LogP contribution in [-0.4, -0.2) is 80.0 Å². The molecule has 0 spiro atoms. The van der Waals surface area contributed by atoms with Gasteiger partial charge in [-0.25, -0.2) is 9.78 Å². The van der Waals surface area contributed by atoms with Crippen molar-refractivity contribution in [3.8, 4) is 5.75 Å². The zero-order chi connectivity index (χ0) is 28.2. The van der Waals surface area contributed by atoms with E-state index in [9.17, 15) is 29.4 Å². The maximum atomic E-state index is 13.4. The Hall–Kier alpha value is -3.58. The number of aromatic amines is 1. The summed E-state index contributed by atoms with van der Waals surface area (Å²) in [5.41, 5.74) is 7.16. The number of aromatic nitrogens is 2. The minimum absolute atomic E-state index is 0.0170. The van der Waals surface area contributed by atoms with Crippen molar-refractivity contribution in [2.45, 2.75) is 57.3 Å². The minimum atomic E-state index is -1.24. The molecule has 12 nitrogen and oxygen atoms in total. The lowest BCUT2D eigenvalue weighted by Gasteiger charge is -2.26. The van der Waals surface area contributed by atoms with Gasteiger partial charge in [-0.15, -0.1) is 0 Å². The molecule has 0 saturated carbocycles. The van der Waals surface area contributed by atoms with E-state index in [1.807, 2.05) is 6.26 Å². The number of phenols is 1. The second-order valence-electron chi connectivity index (χ2n) is 9.22. The van der Waals surface area contributed by atoms with Gasteiger partial charge in [0.05, 0.1) is 12.4 Å². The van der Waals surface area contributed by atoms with Crippen molar-refractivity contribution < 1.29 is 29.4 Å². The summed E-state index contributed by atoms with van der Waals surface area (Å²) in [7, 11) is 0. The van der Waals surface area contributed by atoms with Gasteiger partial charge in [0.15, 0.2) is 0 Å². The van der Waals surface area contributed by atoms with Crippen molar-refractivity contribution in [3.05, 3.63) is 48.0 Å².